The van der Waals surface area contributed by atoms with Crippen LogP contribution in [-0.4, -0.2) is 88.6 Å². The molecule has 2 amide bonds. The Morgan fingerprint density at radius 3 is 2.19 bits per heavy atom. The smallest absolute Gasteiger partial charge is 0.435 e. The molecule has 1 N–H and O–H groups in total. The summed E-state index contributed by atoms with van der Waals surface area (Å²) in [5.41, 5.74) is -0.234. The van der Waals surface area contributed by atoms with Gasteiger partial charge in [0.1, 0.15) is 22.8 Å². The van der Waals surface area contributed by atoms with Gasteiger partial charge in [0.25, 0.3) is 0 Å². The van der Waals surface area contributed by atoms with E-state index in [1.165, 1.54) is 4.68 Å². The molecule has 8 rings (SSSR count). The predicted molar refractivity (Wildman–Crippen MR) is 213 cm³/mol. The number of imide groups is 1. The lowest BCUT2D eigenvalue weighted by Crippen LogP contribution is -2.46. The monoisotopic (exact) mass is 781 g/mol. The van der Waals surface area contributed by atoms with Crippen LogP contribution in [0.25, 0.3) is 10.9 Å². The fourth-order valence-corrected chi connectivity index (χ4v) is 8.12. The number of benzene rings is 2. The standard InChI is InChI=1S/C42H51N7O8/c1-22-20-47(21-23(2)55-22)36-32(54-10)35(43-33(45-36)24-11-12-24)44-34-27-15-13-25(17-31(27)49(46-34)39(52)57-41(6,7)8)29-19-42(29)28-18-26(53-9)14-16-30(28)48(37(42)50)38(51)56-40(3,4)5/h13-18,22-24,29H,11-12,19-21H2,1-10H3,(H,43,44,45,46)/t22-,23+,29-,42-/m0/s1. The van der Waals surface area contributed by atoms with Crippen LogP contribution < -0.4 is 24.6 Å². The third kappa shape index (κ3) is 6.99. The molecule has 4 aliphatic rings. The molecule has 15 heteroatoms. The lowest BCUT2D eigenvalue weighted by molar-refractivity contribution is -0.120. The number of hydrogen-bond acceptors (Lipinski definition) is 13. The van der Waals surface area contributed by atoms with Crippen molar-refractivity contribution in [1.82, 2.24) is 19.7 Å². The van der Waals surface area contributed by atoms with Crippen LogP contribution in [0.4, 0.5) is 32.7 Å². The summed E-state index contributed by atoms with van der Waals surface area (Å²) in [7, 11) is 3.15. The summed E-state index contributed by atoms with van der Waals surface area (Å²) in [6.45, 7) is 16.0. The van der Waals surface area contributed by atoms with Crippen LogP contribution in [0.5, 0.6) is 11.5 Å². The van der Waals surface area contributed by atoms with E-state index in [-0.39, 0.29) is 30.0 Å². The van der Waals surface area contributed by atoms with Crippen LogP contribution in [0, 0.1) is 0 Å². The van der Waals surface area contributed by atoms with Gasteiger partial charge in [0.05, 0.1) is 43.0 Å². The SMILES string of the molecule is COc1ccc2c(c1)[C@]1(C[C@H]1c1ccc3c(Nc4nc(C5CC5)nc(N5C[C@@H](C)O[C@@H](C)C5)c4OC)nn(C(=O)OC(C)(C)C)c3c1)C(=O)N2C(=O)OC(C)(C)C. The summed E-state index contributed by atoms with van der Waals surface area (Å²) in [4.78, 5) is 55.1. The van der Waals surface area contributed by atoms with E-state index in [1.54, 1.807) is 67.9 Å². The molecule has 2 saturated carbocycles. The van der Waals surface area contributed by atoms with E-state index >= 15 is 0 Å². The molecular weight excluding hydrogens is 731 g/mol. The van der Waals surface area contributed by atoms with Crippen molar-refractivity contribution >= 4 is 52.1 Å². The highest BCUT2D eigenvalue weighted by Gasteiger charge is 2.68. The number of morpholine rings is 1. The molecule has 302 valence electrons. The van der Waals surface area contributed by atoms with Gasteiger partial charge in [0, 0.05) is 30.3 Å². The molecule has 15 nitrogen and oxygen atoms in total. The van der Waals surface area contributed by atoms with Gasteiger partial charge in [0.2, 0.25) is 11.7 Å². The number of fused-ring (bicyclic) bond motifs is 3. The highest BCUT2D eigenvalue weighted by atomic mass is 16.6. The van der Waals surface area contributed by atoms with Gasteiger partial charge >= 0.3 is 12.2 Å². The van der Waals surface area contributed by atoms with Crippen molar-refractivity contribution in [2.75, 3.05) is 42.4 Å². The second-order valence-electron chi connectivity index (χ2n) is 17.6. The first-order valence-electron chi connectivity index (χ1n) is 19.6. The molecule has 0 bridgehead atoms. The van der Waals surface area contributed by atoms with Crippen LogP contribution in [0.2, 0.25) is 0 Å². The molecular formula is C42H51N7O8. The van der Waals surface area contributed by atoms with Crippen molar-refractivity contribution in [3.8, 4) is 11.5 Å². The molecule has 2 aliphatic carbocycles. The quantitative estimate of drug-likeness (QED) is 0.196. The number of carbonyl (C=O) groups is 3. The number of nitrogens with one attached hydrogen (secondary N) is 1. The minimum atomic E-state index is -1.04. The summed E-state index contributed by atoms with van der Waals surface area (Å²) in [5, 5.41) is 8.82. The maximum atomic E-state index is 14.4. The maximum absolute atomic E-state index is 14.4. The number of nitrogens with zero attached hydrogens (tertiary/aromatic N) is 6. The second-order valence-corrected chi connectivity index (χ2v) is 17.6. The minimum absolute atomic E-state index is 0.00195. The zero-order valence-electron chi connectivity index (χ0n) is 34.3. The molecule has 1 saturated heterocycles. The van der Waals surface area contributed by atoms with E-state index in [9.17, 15) is 14.4 Å². The number of methoxy groups -OCH3 is 2. The van der Waals surface area contributed by atoms with Crippen LogP contribution in [0.3, 0.4) is 0 Å². The first kappa shape index (κ1) is 38.4. The highest BCUT2D eigenvalue weighted by molar-refractivity contribution is 6.23. The molecule has 4 heterocycles. The zero-order valence-corrected chi connectivity index (χ0v) is 34.3. The van der Waals surface area contributed by atoms with Crippen molar-refractivity contribution in [1.29, 1.82) is 0 Å². The van der Waals surface area contributed by atoms with Gasteiger partial charge in [0.15, 0.2) is 17.5 Å². The number of rotatable bonds is 7. The summed E-state index contributed by atoms with van der Waals surface area (Å²) in [6.07, 6.45) is 1.02. The Bertz CT molecular complexity index is 2280. The van der Waals surface area contributed by atoms with Gasteiger partial charge in [-0.15, -0.1) is 5.10 Å². The van der Waals surface area contributed by atoms with Crippen molar-refractivity contribution in [2.24, 2.45) is 0 Å². The van der Waals surface area contributed by atoms with E-state index in [4.69, 9.17) is 38.8 Å². The van der Waals surface area contributed by atoms with Gasteiger partial charge in [-0.1, -0.05) is 6.07 Å². The highest BCUT2D eigenvalue weighted by Crippen LogP contribution is 2.67. The lowest BCUT2D eigenvalue weighted by Gasteiger charge is -2.36. The van der Waals surface area contributed by atoms with E-state index < -0.39 is 28.8 Å². The predicted octanol–water partition coefficient (Wildman–Crippen LogP) is 7.57. The molecule has 2 aliphatic heterocycles. The third-order valence-electron chi connectivity index (χ3n) is 10.7. The summed E-state index contributed by atoms with van der Waals surface area (Å²) >= 11 is 0. The van der Waals surface area contributed by atoms with Gasteiger partial charge in [-0.05, 0) is 116 Å². The number of carbonyl (C=O) groups excluding carboxylic acids is 3. The van der Waals surface area contributed by atoms with Crippen LogP contribution >= 0.6 is 0 Å². The largest absolute Gasteiger partial charge is 0.497 e. The fourth-order valence-electron chi connectivity index (χ4n) is 8.12. The van der Waals surface area contributed by atoms with Crippen LogP contribution in [0.15, 0.2) is 36.4 Å². The summed E-state index contributed by atoms with van der Waals surface area (Å²) in [6, 6.07) is 11.0. The maximum Gasteiger partial charge on any atom is 0.435 e. The van der Waals surface area contributed by atoms with Crippen molar-refractivity contribution < 1.29 is 38.1 Å². The Hall–Kier alpha value is -5.44. The average molecular weight is 782 g/mol. The van der Waals surface area contributed by atoms with E-state index in [0.717, 1.165) is 29.1 Å². The molecule has 2 aromatic carbocycles. The topological polar surface area (TPSA) is 159 Å². The first-order valence-corrected chi connectivity index (χ1v) is 19.6. The molecule has 1 spiro atoms. The molecule has 0 radical (unpaired) electrons. The summed E-state index contributed by atoms with van der Waals surface area (Å²) in [5.74, 6) is 2.77. The molecule has 2 aromatic heterocycles. The molecule has 4 aromatic rings. The third-order valence-corrected chi connectivity index (χ3v) is 10.7. The van der Waals surface area contributed by atoms with Gasteiger partial charge in [-0.2, -0.15) is 4.68 Å². The van der Waals surface area contributed by atoms with Crippen molar-refractivity contribution in [3.05, 3.63) is 53.3 Å². The van der Waals surface area contributed by atoms with Crippen LogP contribution in [-0.2, 0) is 24.4 Å². The van der Waals surface area contributed by atoms with Gasteiger partial charge in [-0.25, -0.2) is 24.5 Å². The molecule has 0 unspecified atom stereocenters. The van der Waals surface area contributed by atoms with E-state index in [1.807, 2.05) is 38.1 Å². The second kappa shape index (κ2) is 13.6. The minimum Gasteiger partial charge on any atom is -0.497 e. The first-order chi connectivity index (χ1) is 26.9. The fraction of sp³-hybridized carbons (Fsp3) is 0.524. The number of amides is 2. The van der Waals surface area contributed by atoms with E-state index in [2.05, 4.69) is 10.2 Å². The van der Waals surface area contributed by atoms with Gasteiger partial charge < -0.3 is 33.9 Å². The Kier molecular flexibility index (Phi) is 9.17. The molecule has 4 atom stereocenters. The van der Waals surface area contributed by atoms with Crippen molar-refractivity contribution in [2.45, 2.75) is 115 Å². The lowest BCUT2D eigenvalue weighted by atomic mass is 9.91. The van der Waals surface area contributed by atoms with E-state index in [0.29, 0.717) is 70.6 Å². The normalized spacial score (nSPS) is 23.1. The van der Waals surface area contributed by atoms with Crippen molar-refractivity contribution in [3.63, 3.8) is 0 Å². The van der Waals surface area contributed by atoms with Gasteiger partial charge in [-0.3, -0.25) is 4.79 Å². The number of ether oxygens (including phenoxy) is 5. The number of aromatic nitrogens is 4. The Balaban J connectivity index is 1.21. The Labute approximate surface area is 331 Å². The Morgan fingerprint density at radius 2 is 1.56 bits per heavy atom. The number of hydrogen-bond donors (Lipinski definition) is 1. The van der Waals surface area contributed by atoms with Crippen LogP contribution in [0.1, 0.15) is 103 Å². The molecule has 3 fully saturated rings. The zero-order chi connectivity index (χ0) is 40.8. The average Bonchev–Trinajstić information content (AvgIpc) is 4.05. The number of anilines is 4. The molecule has 57 heavy (non-hydrogen) atoms. The summed E-state index contributed by atoms with van der Waals surface area (Å²) < 4.78 is 30.3. The Morgan fingerprint density at radius 1 is 0.877 bits per heavy atom.